The number of carboxylic acids is 1. The van der Waals surface area contributed by atoms with Crippen LogP contribution < -0.4 is 5.56 Å². The number of hydrogen-bond donors (Lipinski definition) is 2. The highest BCUT2D eigenvalue weighted by Crippen LogP contribution is 2.20. The molecule has 0 saturated heterocycles. The maximum atomic E-state index is 11.3. The molecule has 0 saturated carbocycles. The minimum atomic E-state index is -0.936. The lowest BCUT2D eigenvalue weighted by molar-refractivity contribution is -0.133. The summed E-state index contributed by atoms with van der Waals surface area (Å²) in [6.07, 6.45) is 0. The summed E-state index contributed by atoms with van der Waals surface area (Å²) in [6.45, 7) is 5.83. The molecule has 0 spiro atoms. The van der Waals surface area contributed by atoms with Gasteiger partial charge in [0.15, 0.2) is 5.16 Å². The number of aromatic amines is 1. The molecule has 1 aromatic heterocycles. The fourth-order valence-corrected chi connectivity index (χ4v) is 1.61. The predicted octanol–water partition coefficient (Wildman–Crippen LogP) is 1.24. The number of aliphatic carboxylic acids is 1. The first-order valence-corrected chi connectivity index (χ1v) is 5.74. The molecule has 0 radical (unpaired) electrons. The van der Waals surface area contributed by atoms with E-state index in [1.165, 1.54) is 6.07 Å². The minimum absolute atomic E-state index is 0.115. The van der Waals surface area contributed by atoms with Gasteiger partial charge in [-0.25, -0.2) is 4.98 Å². The van der Waals surface area contributed by atoms with E-state index in [-0.39, 0.29) is 16.7 Å². The monoisotopic (exact) mass is 242 g/mol. The van der Waals surface area contributed by atoms with Crippen LogP contribution in [0.4, 0.5) is 0 Å². The van der Waals surface area contributed by atoms with Crippen LogP contribution in [0.2, 0.25) is 0 Å². The van der Waals surface area contributed by atoms with Gasteiger partial charge in [-0.15, -0.1) is 0 Å². The van der Waals surface area contributed by atoms with Gasteiger partial charge in [-0.05, 0) is 0 Å². The molecular formula is C10H14N2O3S. The molecule has 0 atom stereocenters. The SMILES string of the molecule is CC(C)(C)c1cc(=O)[nH]c(SCC(=O)O)n1. The molecule has 0 bridgehead atoms. The summed E-state index contributed by atoms with van der Waals surface area (Å²) >= 11 is 1.01. The van der Waals surface area contributed by atoms with Gasteiger partial charge in [0.05, 0.1) is 11.4 Å². The Kier molecular flexibility index (Phi) is 3.74. The second kappa shape index (κ2) is 4.69. The van der Waals surface area contributed by atoms with E-state index in [2.05, 4.69) is 9.97 Å². The number of hydrogen-bond acceptors (Lipinski definition) is 4. The van der Waals surface area contributed by atoms with Crippen LogP contribution in [-0.4, -0.2) is 26.8 Å². The number of nitrogens with zero attached hydrogens (tertiary/aromatic N) is 1. The van der Waals surface area contributed by atoms with Crippen molar-refractivity contribution in [1.29, 1.82) is 0 Å². The van der Waals surface area contributed by atoms with E-state index in [1.807, 2.05) is 20.8 Å². The van der Waals surface area contributed by atoms with E-state index >= 15 is 0 Å². The van der Waals surface area contributed by atoms with Gasteiger partial charge >= 0.3 is 5.97 Å². The van der Waals surface area contributed by atoms with Gasteiger partial charge in [0, 0.05) is 11.5 Å². The third-order valence-corrected chi connectivity index (χ3v) is 2.68. The van der Waals surface area contributed by atoms with Crippen LogP contribution >= 0.6 is 11.8 Å². The first-order valence-electron chi connectivity index (χ1n) is 4.75. The van der Waals surface area contributed by atoms with Crippen LogP contribution in [0.25, 0.3) is 0 Å². The van der Waals surface area contributed by atoms with Gasteiger partial charge in [0.25, 0.3) is 5.56 Å². The molecule has 5 nitrogen and oxygen atoms in total. The van der Waals surface area contributed by atoms with Gasteiger partial charge in [-0.1, -0.05) is 32.5 Å². The molecule has 0 unspecified atom stereocenters. The van der Waals surface area contributed by atoms with Crippen LogP contribution in [0, 0.1) is 0 Å². The molecule has 16 heavy (non-hydrogen) atoms. The smallest absolute Gasteiger partial charge is 0.313 e. The molecular weight excluding hydrogens is 228 g/mol. The van der Waals surface area contributed by atoms with E-state index in [0.717, 1.165) is 11.8 Å². The second-order valence-electron chi connectivity index (χ2n) is 4.37. The molecule has 0 amide bonds. The number of thioether (sulfide) groups is 1. The first kappa shape index (κ1) is 12.8. The van der Waals surface area contributed by atoms with Crippen molar-refractivity contribution in [2.45, 2.75) is 31.3 Å². The third-order valence-electron chi connectivity index (χ3n) is 1.82. The largest absolute Gasteiger partial charge is 0.481 e. The molecule has 1 heterocycles. The maximum Gasteiger partial charge on any atom is 0.313 e. The molecule has 2 N–H and O–H groups in total. The van der Waals surface area contributed by atoms with E-state index in [0.29, 0.717) is 10.9 Å². The highest BCUT2D eigenvalue weighted by atomic mass is 32.2. The van der Waals surface area contributed by atoms with E-state index in [4.69, 9.17) is 5.11 Å². The minimum Gasteiger partial charge on any atom is -0.481 e. The van der Waals surface area contributed by atoms with Gasteiger partial charge in [-0.3, -0.25) is 9.59 Å². The standard InChI is InChI=1S/C10H14N2O3S/c1-10(2,3)6-4-7(13)12-9(11-6)16-5-8(14)15/h4H,5H2,1-3H3,(H,14,15)(H,11,12,13). The molecule has 1 rings (SSSR count). The fourth-order valence-electron chi connectivity index (χ4n) is 1.02. The number of aromatic nitrogens is 2. The Morgan fingerprint density at radius 3 is 2.69 bits per heavy atom. The molecule has 88 valence electrons. The Morgan fingerprint density at radius 2 is 2.19 bits per heavy atom. The lowest BCUT2D eigenvalue weighted by atomic mass is 9.92. The average molecular weight is 242 g/mol. The fraction of sp³-hybridized carbons (Fsp3) is 0.500. The second-order valence-corrected chi connectivity index (χ2v) is 5.33. The van der Waals surface area contributed by atoms with Crippen LogP contribution in [0.1, 0.15) is 26.5 Å². The number of H-pyrrole nitrogens is 1. The highest BCUT2D eigenvalue weighted by Gasteiger charge is 2.17. The van der Waals surface area contributed by atoms with Gasteiger partial charge in [-0.2, -0.15) is 0 Å². The van der Waals surface area contributed by atoms with E-state index < -0.39 is 5.97 Å². The van der Waals surface area contributed by atoms with Gasteiger partial charge in [0.2, 0.25) is 0 Å². The summed E-state index contributed by atoms with van der Waals surface area (Å²) in [5, 5.41) is 8.88. The van der Waals surface area contributed by atoms with Gasteiger partial charge < -0.3 is 10.1 Å². The Hall–Kier alpha value is -1.30. The number of rotatable bonds is 3. The molecule has 0 fully saturated rings. The molecule has 0 aliphatic heterocycles. The lowest BCUT2D eigenvalue weighted by Gasteiger charge is -2.17. The molecule has 1 aromatic rings. The first-order chi connectivity index (χ1) is 7.29. The zero-order valence-electron chi connectivity index (χ0n) is 9.40. The summed E-state index contributed by atoms with van der Waals surface area (Å²) in [5.41, 5.74) is 0.171. The van der Waals surface area contributed by atoms with Crippen molar-refractivity contribution in [1.82, 2.24) is 9.97 Å². The van der Waals surface area contributed by atoms with Crippen molar-refractivity contribution < 1.29 is 9.90 Å². The number of nitrogens with one attached hydrogen (secondary N) is 1. The summed E-state index contributed by atoms with van der Waals surface area (Å²) in [6, 6.07) is 1.44. The van der Waals surface area contributed by atoms with Crippen LogP contribution in [0.5, 0.6) is 0 Å². The normalized spacial score (nSPS) is 11.4. The Balaban J connectivity index is 2.99. The zero-order valence-corrected chi connectivity index (χ0v) is 10.2. The van der Waals surface area contributed by atoms with E-state index in [1.54, 1.807) is 0 Å². The molecule has 0 aliphatic carbocycles. The van der Waals surface area contributed by atoms with Crippen molar-refractivity contribution in [2.75, 3.05) is 5.75 Å². The van der Waals surface area contributed by atoms with Crippen molar-refractivity contribution >= 4 is 17.7 Å². The van der Waals surface area contributed by atoms with Crippen molar-refractivity contribution in [3.63, 3.8) is 0 Å². The Morgan fingerprint density at radius 1 is 1.56 bits per heavy atom. The highest BCUT2D eigenvalue weighted by molar-refractivity contribution is 7.99. The summed E-state index contributed by atoms with van der Waals surface area (Å²) in [5.74, 6) is -1.05. The van der Waals surface area contributed by atoms with Crippen molar-refractivity contribution in [3.05, 3.63) is 22.1 Å². The average Bonchev–Trinajstić information content (AvgIpc) is 2.12. The zero-order chi connectivity index (χ0) is 12.3. The quantitative estimate of drug-likeness (QED) is 0.615. The van der Waals surface area contributed by atoms with E-state index in [9.17, 15) is 9.59 Å². The van der Waals surface area contributed by atoms with Crippen LogP contribution in [-0.2, 0) is 10.2 Å². The summed E-state index contributed by atoms with van der Waals surface area (Å²) in [7, 11) is 0. The van der Waals surface area contributed by atoms with Crippen molar-refractivity contribution in [2.24, 2.45) is 0 Å². The van der Waals surface area contributed by atoms with Crippen LogP contribution in [0.15, 0.2) is 16.0 Å². The van der Waals surface area contributed by atoms with Crippen molar-refractivity contribution in [3.8, 4) is 0 Å². The summed E-state index contributed by atoms with van der Waals surface area (Å²) in [4.78, 5) is 28.5. The Labute approximate surface area is 97.3 Å². The molecule has 0 aliphatic rings. The number of carboxylic acid groups (broad SMARTS) is 1. The molecule has 0 aromatic carbocycles. The Bertz CT molecular complexity index is 448. The number of carbonyl (C=O) groups is 1. The lowest BCUT2D eigenvalue weighted by Crippen LogP contribution is -2.20. The molecule has 6 heteroatoms. The topological polar surface area (TPSA) is 83.0 Å². The van der Waals surface area contributed by atoms with Crippen LogP contribution in [0.3, 0.4) is 0 Å². The summed E-state index contributed by atoms with van der Waals surface area (Å²) < 4.78 is 0. The van der Waals surface area contributed by atoms with Gasteiger partial charge in [0.1, 0.15) is 0 Å². The third kappa shape index (κ3) is 3.69. The predicted molar refractivity (Wildman–Crippen MR) is 61.9 cm³/mol. The maximum absolute atomic E-state index is 11.3.